The Balaban J connectivity index is 2.06. The summed E-state index contributed by atoms with van der Waals surface area (Å²) < 4.78 is 0. The van der Waals surface area contributed by atoms with Crippen LogP contribution in [0.25, 0.3) is 0 Å². The van der Waals surface area contributed by atoms with E-state index in [-0.39, 0.29) is 0 Å². The van der Waals surface area contributed by atoms with Gasteiger partial charge in [0.1, 0.15) is 0 Å². The Bertz CT molecular complexity index is 436. The summed E-state index contributed by atoms with van der Waals surface area (Å²) in [7, 11) is 0. The summed E-state index contributed by atoms with van der Waals surface area (Å²) in [6.45, 7) is 3.21. The highest BCUT2D eigenvalue weighted by Gasteiger charge is 2.34. The lowest BCUT2D eigenvalue weighted by Gasteiger charge is -2.41. The summed E-state index contributed by atoms with van der Waals surface area (Å²) in [5.74, 6) is 0. The van der Waals surface area contributed by atoms with Crippen LogP contribution in [0.5, 0.6) is 0 Å². The molecule has 1 aromatic rings. The highest BCUT2D eigenvalue weighted by Crippen LogP contribution is 2.43. The van der Waals surface area contributed by atoms with E-state index in [2.05, 4.69) is 18.3 Å². The van der Waals surface area contributed by atoms with Gasteiger partial charge in [0.25, 0.3) is 0 Å². The summed E-state index contributed by atoms with van der Waals surface area (Å²) in [4.78, 5) is 0. The molecule has 0 saturated heterocycles. The largest absolute Gasteiger partial charge is 0.397 e. The molecule has 0 aromatic heterocycles. The molecule has 3 nitrogen and oxygen atoms in total. The molecule has 0 atom stereocenters. The Morgan fingerprint density at radius 3 is 2.76 bits per heavy atom. The van der Waals surface area contributed by atoms with Crippen LogP contribution in [0.3, 0.4) is 0 Å². The third-order valence-electron chi connectivity index (χ3n) is 4.00. The van der Waals surface area contributed by atoms with Gasteiger partial charge in [0.2, 0.25) is 0 Å². The molecule has 1 aromatic carbocycles. The van der Waals surface area contributed by atoms with Gasteiger partial charge in [-0.05, 0) is 42.9 Å². The summed E-state index contributed by atoms with van der Waals surface area (Å²) in [5, 5.41) is 12.3. The number of nitrogens with one attached hydrogen (secondary N) is 1. The lowest BCUT2D eigenvalue weighted by molar-refractivity contribution is 0.145. The van der Waals surface area contributed by atoms with E-state index in [0.29, 0.717) is 11.0 Å². The van der Waals surface area contributed by atoms with E-state index in [1.165, 1.54) is 25.7 Å². The van der Waals surface area contributed by atoms with Crippen LogP contribution in [0, 0.1) is 16.7 Å². The first-order chi connectivity index (χ1) is 8.19. The summed E-state index contributed by atoms with van der Waals surface area (Å²) in [6, 6.07) is 7.51. The number of hydrogen-bond donors (Lipinski definition) is 2. The van der Waals surface area contributed by atoms with E-state index in [0.717, 1.165) is 17.9 Å². The molecule has 1 aliphatic rings. The Morgan fingerprint density at radius 1 is 1.47 bits per heavy atom. The fourth-order valence-corrected chi connectivity index (χ4v) is 2.39. The van der Waals surface area contributed by atoms with Crippen LogP contribution in [0.4, 0.5) is 11.4 Å². The number of hydrogen-bond acceptors (Lipinski definition) is 3. The van der Waals surface area contributed by atoms with Gasteiger partial charge in [0.15, 0.2) is 0 Å². The van der Waals surface area contributed by atoms with Crippen molar-refractivity contribution in [3.63, 3.8) is 0 Å². The highest BCUT2D eigenvalue weighted by molar-refractivity contribution is 5.68. The molecule has 0 heterocycles. The average molecular weight is 229 g/mol. The molecule has 2 rings (SSSR count). The zero-order valence-electron chi connectivity index (χ0n) is 10.3. The molecule has 3 N–H and O–H groups in total. The SMILES string of the molecule is CCC1(CNc2cc(C#N)ccc2N)CCC1. The molecule has 17 heavy (non-hydrogen) atoms. The maximum absolute atomic E-state index is 8.87. The van der Waals surface area contributed by atoms with Crippen molar-refractivity contribution in [3.05, 3.63) is 23.8 Å². The van der Waals surface area contributed by atoms with Crippen molar-refractivity contribution in [2.24, 2.45) is 5.41 Å². The van der Waals surface area contributed by atoms with Crippen LogP contribution in [-0.4, -0.2) is 6.54 Å². The summed E-state index contributed by atoms with van der Waals surface area (Å²) in [5.41, 5.74) is 8.62. The molecule has 0 unspecified atom stereocenters. The molecule has 0 amide bonds. The van der Waals surface area contributed by atoms with Crippen LogP contribution in [0.15, 0.2) is 18.2 Å². The second kappa shape index (κ2) is 4.67. The van der Waals surface area contributed by atoms with E-state index >= 15 is 0 Å². The van der Waals surface area contributed by atoms with E-state index in [4.69, 9.17) is 11.0 Å². The van der Waals surface area contributed by atoms with Gasteiger partial charge < -0.3 is 11.1 Å². The maximum Gasteiger partial charge on any atom is 0.0992 e. The predicted octanol–water partition coefficient (Wildman–Crippen LogP) is 3.13. The van der Waals surface area contributed by atoms with E-state index in [1.54, 1.807) is 12.1 Å². The minimum Gasteiger partial charge on any atom is -0.397 e. The van der Waals surface area contributed by atoms with Crippen molar-refractivity contribution in [1.82, 2.24) is 0 Å². The van der Waals surface area contributed by atoms with Crippen LogP contribution >= 0.6 is 0 Å². The number of benzene rings is 1. The zero-order chi connectivity index (χ0) is 12.3. The van der Waals surface area contributed by atoms with E-state index in [1.807, 2.05) is 6.07 Å². The van der Waals surface area contributed by atoms with Crippen LogP contribution in [0.2, 0.25) is 0 Å². The third kappa shape index (κ3) is 2.36. The predicted molar refractivity (Wildman–Crippen MR) is 70.6 cm³/mol. The fraction of sp³-hybridized carbons (Fsp3) is 0.500. The van der Waals surface area contributed by atoms with Gasteiger partial charge in [-0.3, -0.25) is 0 Å². The van der Waals surface area contributed by atoms with Gasteiger partial charge in [0.05, 0.1) is 23.0 Å². The lowest BCUT2D eigenvalue weighted by Crippen LogP contribution is -2.36. The van der Waals surface area contributed by atoms with Crippen molar-refractivity contribution < 1.29 is 0 Å². The van der Waals surface area contributed by atoms with Crippen molar-refractivity contribution in [1.29, 1.82) is 5.26 Å². The molecule has 1 fully saturated rings. The number of nitrogens with zero attached hydrogens (tertiary/aromatic N) is 1. The highest BCUT2D eigenvalue weighted by atomic mass is 14.9. The third-order valence-corrected chi connectivity index (χ3v) is 4.00. The Labute approximate surface area is 103 Å². The smallest absolute Gasteiger partial charge is 0.0992 e. The second-order valence-corrected chi connectivity index (χ2v) is 4.97. The Hall–Kier alpha value is -1.69. The van der Waals surface area contributed by atoms with Gasteiger partial charge in [-0.2, -0.15) is 5.26 Å². The van der Waals surface area contributed by atoms with Gasteiger partial charge in [0, 0.05) is 6.54 Å². The molecular weight excluding hydrogens is 210 g/mol. The second-order valence-electron chi connectivity index (χ2n) is 4.97. The Morgan fingerprint density at radius 2 is 2.24 bits per heavy atom. The van der Waals surface area contributed by atoms with Gasteiger partial charge in [-0.15, -0.1) is 0 Å². The summed E-state index contributed by atoms with van der Waals surface area (Å²) in [6.07, 6.45) is 5.14. The van der Waals surface area contributed by atoms with E-state index in [9.17, 15) is 0 Å². The topological polar surface area (TPSA) is 61.8 Å². The van der Waals surface area contributed by atoms with Crippen molar-refractivity contribution in [2.45, 2.75) is 32.6 Å². The summed E-state index contributed by atoms with van der Waals surface area (Å²) >= 11 is 0. The van der Waals surface area contributed by atoms with Crippen molar-refractivity contribution >= 4 is 11.4 Å². The quantitative estimate of drug-likeness (QED) is 0.780. The maximum atomic E-state index is 8.87. The minimum atomic E-state index is 0.453. The molecule has 90 valence electrons. The average Bonchev–Trinajstić information content (AvgIpc) is 2.30. The standard InChI is InChI=1S/C14H19N3/c1-2-14(6-3-7-14)10-17-13-8-11(9-15)4-5-12(13)16/h4-5,8,17H,2-3,6-7,10,16H2,1H3. The molecule has 0 radical (unpaired) electrons. The molecule has 0 bridgehead atoms. The minimum absolute atomic E-state index is 0.453. The number of anilines is 2. The van der Waals surface area contributed by atoms with Crippen LogP contribution in [-0.2, 0) is 0 Å². The van der Waals surface area contributed by atoms with Crippen LogP contribution in [0.1, 0.15) is 38.2 Å². The molecule has 0 spiro atoms. The van der Waals surface area contributed by atoms with Crippen LogP contribution < -0.4 is 11.1 Å². The Kier molecular flexibility index (Phi) is 3.23. The fourth-order valence-electron chi connectivity index (χ4n) is 2.39. The molecule has 3 heteroatoms. The molecule has 1 aliphatic carbocycles. The molecule has 0 aliphatic heterocycles. The van der Waals surface area contributed by atoms with Crippen molar-refractivity contribution in [3.8, 4) is 6.07 Å². The number of nitrogens with two attached hydrogens (primary N) is 1. The van der Waals surface area contributed by atoms with Gasteiger partial charge in [-0.1, -0.05) is 13.3 Å². The lowest BCUT2D eigenvalue weighted by atomic mass is 9.67. The molecule has 1 saturated carbocycles. The first-order valence-corrected chi connectivity index (χ1v) is 6.23. The number of nitriles is 1. The normalized spacial score (nSPS) is 16.9. The number of nitrogen functional groups attached to an aromatic ring is 1. The monoisotopic (exact) mass is 229 g/mol. The molecular formula is C14H19N3. The van der Waals surface area contributed by atoms with Crippen molar-refractivity contribution in [2.75, 3.05) is 17.6 Å². The first kappa shape index (κ1) is 11.8. The van der Waals surface area contributed by atoms with Gasteiger partial charge in [-0.25, -0.2) is 0 Å². The zero-order valence-corrected chi connectivity index (χ0v) is 10.3. The first-order valence-electron chi connectivity index (χ1n) is 6.23. The van der Waals surface area contributed by atoms with E-state index < -0.39 is 0 Å². The van der Waals surface area contributed by atoms with Gasteiger partial charge >= 0.3 is 0 Å². The number of rotatable bonds is 4.